The van der Waals surface area contributed by atoms with Crippen molar-refractivity contribution in [1.82, 2.24) is 14.2 Å². The van der Waals surface area contributed by atoms with Crippen LogP contribution in [-0.2, 0) is 28.5 Å². The maximum Gasteiger partial charge on any atom is 0.351 e. The predicted octanol–water partition coefficient (Wildman–Crippen LogP) is 10.5. The second-order valence-electron chi connectivity index (χ2n) is 18.7. The van der Waals surface area contributed by atoms with E-state index in [1.807, 2.05) is 84.9 Å². The van der Waals surface area contributed by atoms with Gasteiger partial charge in [-0.3, -0.25) is 9.36 Å². The van der Waals surface area contributed by atoms with Crippen molar-refractivity contribution in [2.45, 2.75) is 115 Å². The Bertz CT molecular complexity index is 2440. The average molecular weight is 964 g/mol. The molecule has 14 nitrogen and oxygen atoms in total. The smallest absolute Gasteiger partial charge is 0.351 e. The average Bonchev–Trinajstić information content (AvgIpc) is 3.64. The number of methoxy groups -OCH3 is 2. The van der Waals surface area contributed by atoms with Gasteiger partial charge in [-0.25, -0.2) is 9.46 Å². The Morgan fingerprint density at radius 3 is 1.88 bits per heavy atom. The molecule has 1 aliphatic rings. The topological polar surface area (TPSA) is 156 Å². The third-order valence-electron chi connectivity index (χ3n) is 12.4. The number of hydrogen-bond donors (Lipinski definition) is 1. The van der Waals surface area contributed by atoms with Crippen molar-refractivity contribution in [3.05, 3.63) is 154 Å². The summed E-state index contributed by atoms with van der Waals surface area (Å²) in [5, 5.41) is 12.1. The van der Waals surface area contributed by atoms with Crippen LogP contribution in [0.15, 0.2) is 126 Å². The highest BCUT2D eigenvalue weighted by Gasteiger charge is 2.54. The fourth-order valence-electron chi connectivity index (χ4n) is 7.97. The molecule has 5 atom stereocenters. The number of carbonyl (C=O) groups excluding carboxylic acids is 1. The van der Waals surface area contributed by atoms with Crippen LogP contribution in [-0.4, -0.2) is 86.3 Å². The van der Waals surface area contributed by atoms with Gasteiger partial charge in [0.15, 0.2) is 14.5 Å². The Hall–Kier alpha value is -5.27. The van der Waals surface area contributed by atoms with Crippen LogP contribution in [0.5, 0.6) is 11.5 Å². The van der Waals surface area contributed by atoms with Crippen LogP contribution in [0.25, 0.3) is 0 Å². The van der Waals surface area contributed by atoms with Gasteiger partial charge >= 0.3 is 5.69 Å². The first-order chi connectivity index (χ1) is 32.4. The van der Waals surface area contributed by atoms with Crippen LogP contribution in [0.1, 0.15) is 88.2 Å². The lowest BCUT2D eigenvalue weighted by atomic mass is 9.80. The number of benzene rings is 4. The lowest BCUT2D eigenvalue weighted by Gasteiger charge is -2.42. The van der Waals surface area contributed by atoms with E-state index in [2.05, 4.69) is 82.6 Å². The van der Waals surface area contributed by atoms with Crippen LogP contribution in [0, 0.1) is 11.3 Å². The minimum absolute atomic E-state index is 0.0166. The molecule has 4 aromatic carbocycles. The normalized spacial score (nSPS) is 18.1. The fraction of sp³-hybridized carbons (Fsp3) is 0.423. The number of carbonyl (C=O) groups is 1. The first-order valence-corrected chi connectivity index (χ1v) is 27.0. The summed E-state index contributed by atoms with van der Waals surface area (Å²) in [6, 6.07) is 38.0. The van der Waals surface area contributed by atoms with Crippen molar-refractivity contribution in [3.8, 4) is 17.6 Å². The maximum atomic E-state index is 14.4. The zero-order valence-electron chi connectivity index (χ0n) is 41.0. The van der Waals surface area contributed by atoms with Gasteiger partial charge in [0.2, 0.25) is 0 Å². The van der Waals surface area contributed by atoms with E-state index in [4.69, 9.17) is 32.4 Å². The van der Waals surface area contributed by atoms with Crippen molar-refractivity contribution < 1.29 is 37.2 Å². The molecule has 1 amide bonds. The Morgan fingerprint density at radius 2 is 1.38 bits per heavy atom. The SMILES string of the molecule is COc1ccc(C(OC[C@H]2O[C@@H](n3ccc(NC(=O)c4ccccc4)nc3=O)[C@@H](O[Si](C)(C)C(C)(C)C)[C@H]2OP(OCCC#N)N(C(C)C)C(C)C)(c2ccccc2)c2ccc(OC)cc2)cc1. The second kappa shape index (κ2) is 22.9. The van der Waals surface area contributed by atoms with Crippen molar-refractivity contribution >= 4 is 28.6 Å². The molecule has 362 valence electrons. The molecule has 0 aliphatic carbocycles. The van der Waals surface area contributed by atoms with Gasteiger partial charge in [0.05, 0.1) is 39.9 Å². The molecule has 1 aromatic heterocycles. The fourth-order valence-corrected chi connectivity index (χ4v) is 11.0. The van der Waals surface area contributed by atoms with E-state index in [0.29, 0.717) is 17.1 Å². The number of nitriles is 1. The van der Waals surface area contributed by atoms with E-state index in [-0.39, 0.29) is 42.6 Å². The monoisotopic (exact) mass is 963 g/mol. The predicted molar refractivity (Wildman–Crippen MR) is 267 cm³/mol. The summed E-state index contributed by atoms with van der Waals surface area (Å²) >= 11 is 0. The molecule has 0 radical (unpaired) electrons. The molecule has 1 saturated heterocycles. The number of aromatic nitrogens is 2. The summed E-state index contributed by atoms with van der Waals surface area (Å²) in [6.45, 7) is 19.1. The molecule has 1 N–H and O–H groups in total. The standard InChI is InChI=1S/C52H66N5O9PSi/c1-36(2)57(37(3)4)67(63-34-18-32-53)65-46-44(35-62-52(39-21-16-13-17-22-39,40-23-27-42(60-8)28-24-40)41-25-29-43(61-9)30-26-41)64-49(47(46)66-68(10,11)51(5,6)7)56-33-31-45(55-50(56)59)54-48(58)38-19-14-12-15-20-38/h12-17,19-31,33,36-37,44,46-47,49H,18,34-35H2,1-11H3,(H,54,55,58,59)/t44-,46+,47+,49-,67?/m1/s1. The summed E-state index contributed by atoms with van der Waals surface area (Å²) in [5.41, 5.74) is 1.00. The molecule has 1 aliphatic heterocycles. The van der Waals surface area contributed by atoms with Crippen molar-refractivity contribution in [2.24, 2.45) is 0 Å². The summed E-state index contributed by atoms with van der Waals surface area (Å²) in [5.74, 6) is 1.04. The van der Waals surface area contributed by atoms with Gasteiger partial charge in [-0.2, -0.15) is 10.2 Å². The van der Waals surface area contributed by atoms with Crippen molar-refractivity contribution in [2.75, 3.05) is 32.8 Å². The van der Waals surface area contributed by atoms with Gasteiger partial charge in [0.1, 0.15) is 41.2 Å². The highest BCUT2D eigenvalue weighted by Crippen LogP contribution is 2.52. The van der Waals surface area contributed by atoms with Gasteiger partial charge in [-0.1, -0.05) is 93.6 Å². The number of ether oxygens (including phenoxy) is 4. The molecular weight excluding hydrogens is 898 g/mol. The second-order valence-corrected chi connectivity index (χ2v) is 24.8. The molecule has 0 bridgehead atoms. The number of anilines is 1. The minimum atomic E-state index is -2.70. The molecule has 5 aromatic rings. The number of hydrogen-bond acceptors (Lipinski definition) is 12. The van der Waals surface area contributed by atoms with E-state index in [0.717, 1.165) is 16.7 Å². The van der Waals surface area contributed by atoms with Crippen molar-refractivity contribution in [1.29, 1.82) is 5.26 Å². The Kier molecular flexibility index (Phi) is 17.5. The zero-order chi connectivity index (χ0) is 49.2. The van der Waals surface area contributed by atoms with Crippen LogP contribution < -0.4 is 20.5 Å². The van der Waals surface area contributed by atoms with E-state index in [1.54, 1.807) is 50.7 Å². The van der Waals surface area contributed by atoms with Crippen LogP contribution in [0.3, 0.4) is 0 Å². The summed E-state index contributed by atoms with van der Waals surface area (Å²) in [7, 11) is -1.30. The number of nitrogens with zero attached hydrogens (tertiary/aromatic N) is 4. The van der Waals surface area contributed by atoms with Crippen LogP contribution in [0.2, 0.25) is 18.1 Å². The molecule has 68 heavy (non-hydrogen) atoms. The van der Waals surface area contributed by atoms with Gasteiger partial charge in [0.25, 0.3) is 14.4 Å². The zero-order valence-corrected chi connectivity index (χ0v) is 42.9. The summed E-state index contributed by atoms with van der Waals surface area (Å²) in [6.07, 6.45) is -2.03. The molecule has 1 fully saturated rings. The number of nitrogens with one attached hydrogen (secondary N) is 1. The molecule has 2 heterocycles. The van der Waals surface area contributed by atoms with E-state index in [9.17, 15) is 14.9 Å². The highest BCUT2D eigenvalue weighted by molar-refractivity contribution is 7.44. The first kappa shape index (κ1) is 52.1. The number of rotatable bonds is 21. The lowest BCUT2D eigenvalue weighted by molar-refractivity contribution is -0.0943. The molecular formula is C52H66N5O9PSi. The third-order valence-corrected chi connectivity index (χ3v) is 19.0. The molecule has 0 spiro atoms. The van der Waals surface area contributed by atoms with Gasteiger partial charge in [-0.15, -0.1) is 0 Å². The lowest BCUT2D eigenvalue weighted by Crippen LogP contribution is -2.50. The van der Waals surface area contributed by atoms with Crippen LogP contribution in [0.4, 0.5) is 5.82 Å². The van der Waals surface area contributed by atoms with E-state index in [1.165, 1.54) is 4.57 Å². The number of amides is 1. The molecule has 0 saturated carbocycles. The van der Waals surface area contributed by atoms with E-state index < -0.39 is 58.6 Å². The third kappa shape index (κ3) is 11.9. The molecule has 6 rings (SSSR count). The van der Waals surface area contributed by atoms with E-state index >= 15 is 0 Å². The van der Waals surface area contributed by atoms with Gasteiger partial charge in [0, 0.05) is 23.8 Å². The Labute approximate surface area is 403 Å². The first-order valence-electron chi connectivity index (χ1n) is 23.0. The summed E-state index contributed by atoms with van der Waals surface area (Å²) < 4.78 is 50.6. The van der Waals surface area contributed by atoms with Gasteiger partial charge in [-0.05, 0) is 105 Å². The van der Waals surface area contributed by atoms with Crippen LogP contribution >= 0.6 is 8.53 Å². The summed E-state index contributed by atoms with van der Waals surface area (Å²) in [4.78, 5) is 31.8. The Balaban J connectivity index is 1.53. The quantitative estimate of drug-likeness (QED) is 0.0322. The van der Waals surface area contributed by atoms with Gasteiger partial charge < -0.3 is 37.7 Å². The largest absolute Gasteiger partial charge is 0.497 e. The molecule has 16 heteroatoms. The highest BCUT2D eigenvalue weighted by atomic mass is 31.2. The van der Waals surface area contributed by atoms with Crippen molar-refractivity contribution in [3.63, 3.8) is 0 Å². The minimum Gasteiger partial charge on any atom is -0.497 e. The molecule has 1 unspecified atom stereocenters. The Morgan fingerprint density at radius 1 is 0.838 bits per heavy atom. The maximum absolute atomic E-state index is 14.4.